The molecule has 0 aliphatic heterocycles. The molecule has 0 radical (unpaired) electrons. The van der Waals surface area contributed by atoms with Crippen molar-refractivity contribution in [2.24, 2.45) is 0 Å². The highest BCUT2D eigenvalue weighted by Gasteiger charge is 2.12. The maximum absolute atomic E-state index is 5.79. The highest BCUT2D eigenvalue weighted by Crippen LogP contribution is 2.22. The largest absolute Gasteiger partial charge is 0.383 e. The van der Waals surface area contributed by atoms with Crippen LogP contribution in [0.25, 0.3) is 11.0 Å². The third-order valence-electron chi connectivity index (χ3n) is 2.27. The van der Waals surface area contributed by atoms with Gasteiger partial charge in [-0.3, -0.25) is 0 Å². The summed E-state index contributed by atoms with van der Waals surface area (Å²) in [7, 11) is 0. The molecule has 2 heterocycles. The Balaban J connectivity index is 2.36. The van der Waals surface area contributed by atoms with Crippen LogP contribution in [0.5, 0.6) is 0 Å². The van der Waals surface area contributed by atoms with Crippen molar-refractivity contribution < 1.29 is 0 Å². The Morgan fingerprint density at radius 3 is 2.94 bits per heavy atom. The van der Waals surface area contributed by atoms with E-state index >= 15 is 0 Å². The second-order valence-electron chi connectivity index (χ2n) is 3.37. The molecule has 5 nitrogen and oxygen atoms in total. The molecule has 0 fully saturated rings. The minimum atomic E-state index is 0.484. The smallest absolute Gasteiger partial charge is 0.164 e. The zero-order valence-corrected chi connectivity index (χ0v) is 11.4. The van der Waals surface area contributed by atoms with E-state index in [1.54, 1.807) is 0 Å². The van der Waals surface area contributed by atoms with Gasteiger partial charge in [-0.15, -0.1) is 11.6 Å². The molecule has 0 amide bonds. The summed E-state index contributed by atoms with van der Waals surface area (Å²) in [6.07, 6.45) is 3.42. The molecule has 0 saturated heterocycles. The van der Waals surface area contributed by atoms with Crippen molar-refractivity contribution in [3.63, 3.8) is 0 Å². The molecule has 0 saturated carbocycles. The first-order valence-corrected chi connectivity index (χ1v) is 6.54. The summed E-state index contributed by atoms with van der Waals surface area (Å²) in [5.74, 6) is 1.16. The van der Waals surface area contributed by atoms with Crippen LogP contribution in [0.1, 0.15) is 12.8 Å². The topological polar surface area (TPSA) is 69.6 Å². The number of unbranched alkanes of at least 4 members (excludes halogenated alkanes) is 1. The molecular weight excluding hydrogens is 340 g/mol. The average molecular weight is 352 g/mol. The van der Waals surface area contributed by atoms with Gasteiger partial charge in [0.2, 0.25) is 0 Å². The summed E-state index contributed by atoms with van der Waals surface area (Å²) in [6, 6.07) is 0. The molecule has 2 aromatic rings. The van der Waals surface area contributed by atoms with E-state index in [-0.39, 0.29) is 0 Å². The van der Waals surface area contributed by atoms with Crippen LogP contribution in [-0.2, 0) is 6.54 Å². The second-order valence-corrected chi connectivity index (χ2v) is 4.77. The molecular formula is C9H11ClIN5. The van der Waals surface area contributed by atoms with E-state index in [0.29, 0.717) is 11.7 Å². The Kier molecular flexibility index (Phi) is 3.80. The first kappa shape index (κ1) is 11.8. The van der Waals surface area contributed by atoms with Gasteiger partial charge in [0.25, 0.3) is 0 Å². The molecule has 7 heteroatoms. The zero-order chi connectivity index (χ0) is 11.5. The van der Waals surface area contributed by atoms with Gasteiger partial charge in [-0.25, -0.2) is 14.6 Å². The maximum atomic E-state index is 5.79. The van der Waals surface area contributed by atoms with Gasteiger partial charge < -0.3 is 5.73 Å². The number of anilines is 1. The van der Waals surface area contributed by atoms with E-state index in [1.165, 1.54) is 6.33 Å². The van der Waals surface area contributed by atoms with Gasteiger partial charge >= 0.3 is 0 Å². The molecule has 2 rings (SSSR count). The monoisotopic (exact) mass is 351 g/mol. The lowest BCUT2D eigenvalue weighted by Crippen LogP contribution is -2.02. The minimum Gasteiger partial charge on any atom is -0.383 e. The number of nitrogens with two attached hydrogens (primary N) is 1. The SMILES string of the molecule is Nc1ncnc2c1c(I)nn2CCCCCl. The number of aromatic nitrogens is 4. The summed E-state index contributed by atoms with van der Waals surface area (Å²) < 4.78 is 2.71. The fourth-order valence-corrected chi connectivity index (χ4v) is 2.47. The van der Waals surface area contributed by atoms with Gasteiger partial charge in [0, 0.05) is 12.4 Å². The predicted octanol–water partition coefficient (Wildman–Crippen LogP) is 2.03. The number of rotatable bonds is 4. The molecule has 0 aliphatic rings. The number of aryl methyl sites for hydroxylation is 1. The van der Waals surface area contributed by atoms with Crippen LogP contribution in [0.3, 0.4) is 0 Å². The van der Waals surface area contributed by atoms with Crippen molar-refractivity contribution in [2.45, 2.75) is 19.4 Å². The van der Waals surface area contributed by atoms with Crippen molar-refractivity contribution in [3.8, 4) is 0 Å². The highest BCUT2D eigenvalue weighted by molar-refractivity contribution is 14.1. The molecule has 0 bridgehead atoms. The zero-order valence-electron chi connectivity index (χ0n) is 8.53. The van der Waals surface area contributed by atoms with Gasteiger partial charge in [0.1, 0.15) is 15.8 Å². The van der Waals surface area contributed by atoms with Crippen molar-refractivity contribution in [1.82, 2.24) is 19.7 Å². The van der Waals surface area contributed by atoms with E-state index in [9.17, 15) is 0 Å². The lowest BCUT2D eigenvalue weighted by Gasteiger charge is -2.01. The van der Waals surface area contributed by atoms with Crippen LogP contribution >= 0.6 is 34.2 Å². The Morgan fingerprint density at radius 1 is 1.38 bits per heavy atom. The number of alkyl halides is 1. The van der Waals surface area contributed by atoms with Gasteiger partial charge in [-0.2, -0.15) is 5.10 Å². The molecule has 16 heavy (non-hydrogen) atoms. The number of hydrogen-bond acceptors (Lipinski definition) is 4. The summed E-state index contributed by atoms with van der Waals surface area (Å²) in [4.78, 5) is 8.18. The van der Waals surface area contributed by atoms with Crippen molar-refractivity contribution >= 4 is 51.0 Å². The first-order valence-electron chi connectivity index (χ1n) is 4.92. The van der Waals surface area contributed by atoms with Gasteiger partial charge in [0.15, 0.2) is 5.65 Å². The van der Waals surface area contributed by atoms with Gasteiger partial charge in [0.05, 0.1) is 5.39 Å². The fourth-order valence-electron chi connectivity index (χ4n) is 1.50. The Bertz CT molecular complexity index is 498. The standard InChI is InChI=1S/C9H11ClIN5/c10-3-1-2-4-16-9-6(7(11)15-16)8(12)13-5-14-9/h5H,1-4H2,(H2,12,13,14). The van der Waals surface area contributed by atoms with Crippen LogP contribution in [0.15, 0.2) is 6.33 Å². The highest BCUT2D eigenvalue weighted by atomic mass is 127. The molecule has 2 aromatic heterocycles. The molecule has 0 spiro atoms. The number of hydrogen-bond donors (Lipinski definition) is 1. The average Bonchev–Trinajstić information content (AvgIpc) is 2.58. The molecule has 2 N–H and O–H groups in total. The van der Waals surface area contributed by atoms with E-state index < -0.39 is 0 Å². The molecule has 86 valence electrons. The van der Waals surface area contributed by atoms with Crippen molar-refractivity contribution in [1.29, 1.82) is 0 Å². The van der Waals surface area contributed by atoms with Gasteiger partial charge in [-0.1, -0.05) is 0 Å². The number of fused-ring (bicyclic) bond motifs is 1. The van der Waals surface area contributed by atoms with Crippen molar-refractivity contribution in [3.05, 3.63) is 10.0 Å². The summed E-state index contributed by atoms with van der Waals surface area (Å²) in [6.45, 7) is 0.808. The summed E-state index contributed by atoms with van der Waals surface area (Å²) in [5.41, 5.74) is 6.59. The first-order chi connectivity index (χ1) is 7.74. The van der Waals surface area contributed by atoms with Crippen molar-refractivity contribution in [2.75, 3.05) is 11.6 Å². The normalized spacial score (nSPS) is 11.1. The molecule has 0 atom stereocenters. The summed E-state index contributed by atoms with van der Waals surface area (Å²) >= 11 is 7.79. The number of nitrogen functional groups attached to an aromatic ring is 1. The van der Waals surface area contributed by atoms with Crippen LogP contribution < -0.4 is 5.73 Å². The minimum absolute atomic E-state index is 0.484. The lowest BCUT2D eigenvalue weighted by molar-refractivity contribution is 0.582. The molecule has 0 unspecified atom stereocenters. The molecule has 0 aliphatic carbocycles. The van der Waals surface area contributed by atoms with E-state index in [0.717, 1.165) is 34.1 Å². The van der Waals surface area contributed by atoms with Gasteiger partial charge in [-0.05, 0) is 35.4 Å². The lowest BCUT2D eigenvalue weighted by atomic mass is 10.3. The predicted molar refractivity (Wildman–Crippen MR) is 72.4 cm³/mol. The third-order valence-corrected chi connectivity index (χ3v) is 3.29. The second kappa shape index (κ2) is 5.13. The van der Waals surface area contributed by atoms with E-state index in [4.69, 9.17) is 17.3 Å². The van der Waals surface area contributed by atoms with Crippen LogP contribution in [0.2, 0.25) is 0 Å². The van der Waals surface area contributed by atoms with Crippen LogP contribution in [0.4, 0.5) is 5.82 Å². The van der Waals surface area contributed by atoms with Crippen LogP contribution in [0, 0.1) is 3.70 Å². The van der Waals surface area contributed by atoms with E-state index in [1.807, 2.05) is 4.68 Å². The quantitative estimate of drug-likeness (QED) is 0.520. The van der Waals surface area contributed by atoms with E-state index in [2.05, 4.69) is 37.7 Å². The number of halogens is 2. The summed E-state index contributed by atoms with van der Waals surface area (Å²) in [5, 5.41) is 5.24. The maximum Gasteiger partial charge on any atom is 0.164 e. The molecule has 0 aromatic carbocycles. The Morgan fingerprint density at radius 2 is 2.19 bits per heavy atom. The fraction of sp³-hybridized carbons (Fsp3) is 0.444. The Hall–Kier alpha value is -0.630. The third kappa shape index (κ3) is 2.22. The van der Waals surface area contributed by atoms with Crippen LogP contribution in [-0.4, -0.2) is 25.6 Å². The Labute approximate surface area is 112 Å². The number of nitrogens with zero attached hydrogens (tertiary/aromatic N) is 4.